The molecule has 1 atom stereocenters. The van der Waals surface area contributed by atoms with E-state index in [0.717, 1.165) is 12.2 Å². The van der Waals surface area contributed by atoms with Gasteiger partial charge in [-0.2, -0.15) is 0 Å². The van der Waals surface area contributed by atoms with E-state index in [0.29, 0.717) is 12.2 Å². The summed E-state index contributed by atoms with van der Waals surface area (Å²) in [6.07, 6.45) is 3.12. The van der Waals surface area contributed by atoms with Gasteiger partial charge in [-0.05, 0) is 6.08 Å². The van der Waals surface area contributed by atoms with Gasteiger partial charge < -0.3 is 14.6 Å². The van der Waals surface area contributed by atoms with E-state index in [9.17, 15) is 29.8 Å². The van der Waals surface area contributed by atoms with Crippen molar-refractivity contribution in [1.29, 1.82) is 0 Å². The summed E-state index contributed by atoms with van der Waals surface area (Å²) in [4.78, 5) is 41.3. The third-order valence-corrected chi connectivity index (χ3v) is 2.62. The Morgan fingerprint density at radius 1 is 1.26 bits per heavy atom. The fourth-order valence-corrected chi connectivity index (χ4v) is 1.60. The number of carboxylic acid groups (broad SMARTS) is 1. The van der Waals surface area contributed by atoms with Gasteiger partial charge in [-0.1, -0.05) is 0 Å². The average Bonchev–Trinajstić information content (AvgIpc) is 2.49. The number of allylic oxidation sites excluding steroid dienone is 2. The van der Waals surface area contributed by atoms with Crippen molar-refractivity contribution >= 4 is 11.9 Å². The molecule has 0 aromatic heterocycles. The van der Waals surface area contributed by atoms with Crippen LogP contribution >= 0.6 is 0 Å². The van der Waals surface area contributed by atoms with Gasteiger partial charge in [-0.15, -0.1) is 0 Å². The second kappa shape index (κ2) is 8.26. The van der Waals surface area contributed by atoms with Crippen molar-refractivity contribution in [3.63, 3.8) is 0 Å². The monoisotopic (exact) mass is 328 g/mol. The second-order valence-electron chi connectivity index (χ2n) is 4.18. The van der Waals surface area contributed by atoms with Crippen LogP contribution in [0.3, 0.4) is 0 Å². The summed E-state index contributed by atoms with van der Waals surface area (Å²) in [5.41, 5.74) is -0.302. The molecule has 23 heavy (non-hydrogen) atoms. The molecule has 11 nitrogen and oxygen atoms in total. The predicted molar refractivity (Wildman–Crippen MR) is 72.2 cm³/mol. The third-order valence-electron chi connectivity index (χ3n) is 2.62. The largest absolute Gasteiger partial charge is 0.487 e. The van der Waals surface area contributed by atoms with Crippen molar-refractivity contribution in [1.82, 2.24) is 0 Å². The van der Waals surface area contributed by atoms with Gasteiger partial charge in [0.15, 0.2) is 5.76 Å². The molecule has 1 N–H and O–H groups in total. The summed E-state index contributed by atoms with van der Waals surface area (Å²) in [6, 6.07) is -1.39. The molecule has 0 heterocycles. The van der Waals surface area contributed by atoms with Gasteiger partial charge in [0, 0.05) is 23.2 Å². The van der Waals surface area contributed by atoms with E-state index in [4.69, 9.17) is 9.84 Å². The van der Waals surface area contributed by atoms with Crippen LogP contribution in [0.25, 0.3) is 0 Å². The minimum atomic E-state index is -1.39. The summed E-state index contributed by atoms with van der Waals surface area (Å²) in [7, 11) is 0. The maximum atomic E-state index is 11.1. The summed E-state index contributed by atoms with van der Waals surface area (Å²) >= 11 is 0. The Labute approximate surface area is 128 Å². The maximum absolute atomic E-state index is 11.1. The van der Waals surface area contributed by atoms with Gasteiger partial charge in [0.25, 0.3) is 11.7 Å². The van der Waals surface area contributed by atoms with Crippen LogP contribution in [0, 0.1) is 20.2 Å². The zero-order chi connectivity index (χ0) is 17.4. The second-order valence-corrected chi connectivity index (χ2v) is 4.18. The summed E-state index contributed by atoms with van der Waals surface area (Å²) < 4.78 is 9.70. The number of hydrogen-bond acceptors (Lipinski definition) is 8. The molecule has 124 valence electrons. The van der Waals surface area contributed by atoms with Crippen molar-refractivity contribution < 1.29 is 34.0 Å². The van der Waals surface area contributed by atoms with Crippen LogP contribution in [0.15, 0.2) is 35.8 Å². The Kier molecular flexibility index (Phi) is 6.40. The smallest absolute Gasteiger partial charge is 0.331 e. The number of esters is 1. The van der Waals surface area contributed by atoms with Crippen LogP contribution in [0.4, 0.5) is 0 Å². The zero-order valence-electron chi connectivity index (χ0n) is 11.6. The van der Waals surface area contributed by atoms with E-state index in [2.05, 4.69) is 4.74 Å². The molecule has 0 saturated heterocycles. The fourth-order valence-electron chi connectivity index (χ4n) is 1.60. The highest BCUT2D eigenvalue weighted by atomic mass is 16.6. The molecule has 0 radical (unpaired) electrons. The number of ether oxygens (including phenoxy) is 2. The highest BCUT2D eigenvalue weighted by molar-refractivity contribution is 5.90. The Hall–Kier alpha value is -3.24. The molecule has 0 saturated carbocycles. The molecule has 1 unspecified atom stereocenters. The fraction of sp³-hybridized carbons (Fsp3) is 0.333. The molecule has 0 aromatic rings. The number of nitro groups is 2. The van der Waals surface area contributed by atoms with Gasteiger partial charge in [0.2, 0.25) is 0 Å². The van der Waals surface area contributed by atoms with Crippen LogP contribution in [-0.2, 0) is 19.1 Å². The van der Waals surface area contributed by atoms with Crippen molar-refractivity contribution in [2.45, 2.75) is 12.5 Å². The van der Waals surface area contributed by atoms with Crippen molar-refractivity contribution in [2.75, 3.05) is 13.2 Å². The van der Waals surface area contributed by atoms with E-state index in [-0.39, 0.29) is 24.7 Å². The van der Waals surface area contributed by atoms with Gasteiger partial charge in [-0.3, -0.25) is 20.2 Å². The van der Waals surface area contributed by atoms with Crippen LogP contribution < -0.4 is 0 Å². The molecule has 0 fully saturated rings. The Bertz CT molecular complexity index is 606. The highest BCUT2D eigenvalue weighted by Gasteiger charge is 2.35. The molecular weight excluding hydrogens is 316 g/mol. The van der Waals surface area contributed by atoms with Crippen molar-refractivity contribution in [3.05, 3.63) is 56.0 Å². The Morgan fingerprint density at radius 3 is 2.52 bits per heavy atom. The number of aliphatic carboxylic acids is 1. The van der Waals surface area contributed by atoms with Crippen LogP contribution in [0.1, 0.15) is 6.42 Å². The maximum Gasteiger partial charge on any atom is 0.331 e. The van der Waals surface area contributed by atoms with Crippen LogP contribution in [0.2, 0.25) is 0 Å². The SMILES string of the molecule is O=C(O)/C=C/C(=O)OCCOC1=CC=C([N+](=O)[O-])CC1[N+](=O)[O-]. The summed E-state index contributed by atoms with van der Waals surface area (Å²) in [5.74, 6) is -2.31. The van der Waals surface area contributed by atoms with E-state index in [1.807, 2.05) is 0 Å². The normalized spacial score (nSPS) is 17.1. The number of nitrogens with zero attached hydrogens (tertiary/aromatic N) is 2. The zero-order valence-corrected chi connectivity index (χ0v) is 11.6. The molecule has 1 aliphatic carbocycles. The summed E-state index contributed by atoms with van der Waals surface area (Å²) in [6.45, 7) is -0.485. The van der Waals surface area contributed by atoms with E-state index in [1.54, 1.807) is 0 Å². The molecule has 0 spiro atoms. The number of hydrogen-bond donors (Lipinski definition) is 1. The molecule has 0 aromatic carbocycles. The number of rotatable bonds is 8. The average molecular weight is 328 g/mol. The molecule has 0 aliphatic heterocycles. The first kappa shape index (κ1) is 17.8. The van der Waals surface area contributed by atoms with Crippen molar-refractivity contribution in [2.24, 2.45) is 0 Å². The molecule has 11 heteroatoms. The lowest BCUT2D eigenvalue weighted by molar-refractivity contribution is -0.525. The minimum Gasteiger partial charge on any atom is -0.487 e. The lowest BCUT2D eigenvalue weighted by Crippen LogP contribution is -2.28. The van der Waals surface area contributed by atoms with E-state index in [1.165, 1.54) is 0 Å². The first-order valence-electron chi connectivity index (χ1n) is 6.20. The van der Waals surface area contributed by atoms with Gasteiger partial charge in [0.05, 0.1) is 4.92 Å². The topological polar surface area (TPSA) is 159 Å². The Balaban J connectivity index is 2.52. The van der Waals surface area contributed by atoms with Crippen LogP contribution in [0.5, 0.6) is 0 Å². The standard InChI is InChI=1S/C12H12N2O9/c15-11(16)3-4-12(17)23-6-5-22-10-2-1-8(13(18)19)7-9(10)14(20)21/h1-4,9H,5-7H2,(H,15,16)/b4-3+. The third kappa shape index (κ3) is 5.95. The molecule has 1 rings (SSSR count). The number of carboxylic acids is 1. The van der Waals surface area contributed by atoms with E-state index >= 15 is 0 Å². The molecule has 0 bridgehead atoms. The molecule has 1 aliphatic rings. The lowest BCUT2D eigenvalue weighted by atomic mass is 10.0. The first-order valence-corrected chi connectivity index (χ1v) is 6.20. The number of carbonyl (C=O) groups excluding carboxylic acids is 1. The van der Waals surface area contributed by atoms with Gasteiger partial charge in [0.1, 0.15) is 19.6 Å². The van der Waals surface area contributed by atoms with Gasteiger partial charge >= 0.3 is 11.9 Å². The Morgan fingerprint density at radius 2 is 1.96 bits per heavy atom. The lowest BCUT2D eigenvalue weighted by Gasteiger charge is -2.16. The molecule has 0 amide bonds. The number of carbonyl (C=O) groups is 2. The first-order chi connectivity index (χ1) is 10.8. The quantitative estimate of drug-likeness (QED) is 0.217. The highest BCUT2D eigenvalue weighted by Crippen LogP contribution is 2.22. The molecular formula is C12H12N2O9. The predicted octanol–water partition coefficient (Wildman–Crippen LogP) is 0.281. The summed E-state index contributed by atoms with van der Waals surface area (Å²) in [5, 5.41) is 29.8. The van der Waals surface area contributed by atoms with Crippen LogP contribution in [-0.4, -0.2) is 46.1 Å². The van der Waals surface area contributed by atoms with Crippen molar-refractivity contribution in [3.8, 4) is 0 Å². The minimum absolute atomic E-state index is 0.0854. The van der Waals surface area contributed by atoms with E-state index < -0.39 is 34.2 Å². The van der Waals surface area contributed by atoms with Gasteiger partial charge in [-0.25, -0.2) is 9.59 Å².